The van der Waals surface area contributed by atoms with Crippen LogP contribution in [0.15, 0.2) is 6.07 Å². The number of benzene rings is 1. The molecule has 0 bridgehead atoms. The van der Waals surface area contributed by atoms with Gasteiger partial charge in [0.25, 0.3) is 0 Å². The maximum absolute atomic E-state index is 12.5. The Hall–Kier alpha value is -2.21. The van der Waals surface area contributed by atoms with E-state index in [1.807, 2.05) is 0 Å². The van der Waals surface area contributed by atoms with Gasteiger partial charge in [-0.25, -0.2) is 0 Å². The molecule has 0 aromatic heterocycles. The second-order valence-electron chi connectivity index (χ2n) is 3.13. The zero-order valence-electron chi connectivity index (χ0n) is 8.18. The van der Waals surface area contributed by atoms with Crippen LogP contribution in [0, 0.1) is 29.6 Å². The first-order valence-corrected chi connectivity index (χ1v) is 4.13. The molecule has 82 valence electrons. The molecule has 0 unspecified atom stereocenters. The van der Waals surface area contributed by atoms with Crippen LogP contribution in [0.4, 0.5) is 18.9 Å². The molecule has 16 heavy (non-hydrogen) atoms. The number of anilines is 1. The number of nitrogens with zero attached hydrogens (tertiary/aromatic N) is 2. The van der Waals surface area contributed by atoms with E-state index in [0.29, 0.717) is 0 Å². The molecule has 1 aromatic carbocycles. The Bertz CT molecular complexity index is 518. The normalized spacial score (nSPS) is 10.6. The van der Waals surface area contributed by atoms with Crippen LogP contribution in [-0.2, 0) is 6.18 Å². The zero-order valence-corrected chi connectivity index (χ0v) is 8.18. The number of rotatable bonds is 0. The van der Waals surface area contributed by atoms with Crippen LogP contribution in [0.5, 0.6) is 0 Å². The maximum Gasteiger partial charge on any atom is 0.417 e. The van der Waals surface area contributed by atoms with Gasteiger partial charge in [0.15, 0.2) is 0 Å². The van der Waals surface area contributed by atoms with Gasteiger partial charge in [0.1, 0.15) is 12.1 Å². The van der Waals surface area contributed by atoms with Crippen LogP contribution in [0.2, 0.25) is 0 Å². The first-order chi connectivity index (χ1) is 7.32. The Kier molecular flexibility index (Phi) is 2.78. The Balaban J connectivity index is 3.71. The van der Waals surface area contributed by atoms with Crippen molar-refractivity contribution in [2.75, 3.05) is 5.73 Å². The van der Waals surface area contributed by atoms with Crippen molar-refractivity contribution < 1.29 is 13.2 Å². The van der Waals surface area contributed by atoms with Crippen molar-refractivity contribution in [2.24, 2.45) is 0 Å². The molecule has 0 heterocycles. The number of hydrogen-bond acceptors (Lipinski definition) is 3. The molecule has 1 aromatic rings. The van der Waals surface area contributed by atoms with E-state index in [2.05, 4.69) is 0 Å². The monoisotopic (exact) mass is 225 g/mol. The molecule has 0 saturated heterocycles. The molecule has 0 radical (unpaired) electrons. The number of alkyl halides is 3. The van der Waals surface area contributed by atoms with Crippen LogP contribution in [0.1, 0.15) is 22.3 Å². The van der Waals surface area contributed by atoms with E-state index in [1.54, 1.807) is 6.07 Å². The number of halogens is 3. The van der Waals surface area contributed by atoms with E-state index < -0.39 is 23.0 Å². The lowest BCUT2D eigenvalue weighted by atomic mass is 9.97. The van der Waals surface area contributed by atoms with Crippen molar-refractivity contribution in [3.63, 3.8) is 0 Å². The summed E-state index contributed by atoms with van der Waals surface area (Å²) in [4.78, 5) is 0. The van der Waals surface area contributed by atoms with Gasteiger partial charge in [-0.15, -0.1) is 0 Å². The van der Waals surface area contributed by atoms with Gasteiger partial charge in [0.2, 0.25) is 0 Å². The lowest BCUT2D eigenvalue weighted by Gasteiger charge is -2.13. The molecule has 0 spiro atoms. The van der Waals surface area contributed by atoms with Crippen LogP contribution >= 0.6 is 0 Å². The van der Waals surface area contributed by atoms with Crippen molar-refractivity contribution in [1.82, 2.24) is 0 Å². The van der Waals surface area contributed by atoms with Gasteiger partial charge < -0.3 is 5.73 Å². The highest BCUT2D eigenvalue weighted by atomic mass is 19.4. The minimum absolute atomic E-state index is 0.0930. The molecular weight excluding hydrogens is 219 g/mol. The molecule has 0 aliphatic heterocycles. The van der Waals surface area contributed by atoms with E-state index in [4.69, 9.17) is 16.3 Å². The highest BCUT2D eigenvalue weighted by Gasteiger charge is 2.35. The zero-order chi connectivity index (χ0) is 12.5. The third-order valence-electron chi connectivity index (χ3n) is 2.09. The average molecular weight is 225 g/mol. The first kappa shape index (κ1) is 11.9. The number of nitrogens with two attached hydrogens (primary N) is 1. The summed E-state index contributed by atoms with van der Waals surface area (Å²) in [6.45, 7) is 1.34. The van der Waals surface area contributed by atoms with E-state index in [0.717, 1.165) is 6.07 Å². The lowest BCUT2D eigenvalue weighted by Crippen LogP contribution is -2.11. The van der Waals surface area contributed by atoms with Gasteiger partial charge in [-0.1, -0.05) is 0 Å². The van der Waals surface area contributed by atoms with Crippen molar-refractivity contribution >= 4 is 5.69 Å². The fourth-order valence-electron chi connectivity index (χ4n) is 1.34. The second kappa shape index (κ2) is 3.74. The summed E-state index contributed by atoms with van der Waals surface area (Å²) in [5, 5.41) is 17.3. The Labute approximate surface area is 89.5 Å². The Morgan fingerprint density at radius 3 is 2.06 bits per heavy atom. The number of nitrogen functional groups attached to an aromatic ring is 1. The SMILES string of the molecule is Cc1cc(C(F)(F)F)c(C#N)c(N)c1C#N. The summed E-state index contributed by atoms with van der Waals surface area (Å²) < 4.78 is 37.6. The molecule has 0 atom stereocenters. The van der Waals surface area contributed by atoms with Crippen LogP contribution in [0.25, 0.3) is 0 Å². The highest BCUT2D eigenvalue weighted by Crippen LogP contribution is 2.36. The fraction of sp³-hybridized carbons (Fsp3) is 0.200. The van der Waals surface area contributed by atoms with Gasteiger partial charge >= 0.3 is 6.18 Å². The first-order valence-electron chi connectivity index (χ1n) is 4.13. The van der Waals surface area contributed by atoms with Crippen molar-refractivity contribution in [3.8, 4) is 12.1 Å². The summed E-state index contributed by atoms with van der Waals surface area (Å²) in [5.74, 6) is 0. The van der Waals surface area contributed by atoms with Gasteiger partial charge in [-0.3, -0.25) is 0 Å². The lowest BCUT2D eigenvalue weighted by molar-refractivity contribution is -0.137. The Morgan fingerprint density at radius 2 is 1.69 bits per heavy atom. The molecule has 6 heteroatoms. The minimum atomic E-state index is -4.65. The molecule has 0 saturated carbocycles. The van der Waals surface area contributed by atoms with E-state index in [-0.39, 0.29) is 11.1 Å². The van der Waals surface area contributed by atoms with Gasteiger partial charge in [-0.2, -0.15) is 23.7 Å². The number of hydrogen-bond donors (Lipinski definition) is 1. The summed E-state index contributed by atoms with van der Waals surface area (Å²) in [6, 6.07) is 3.81. The van der Waals surface area contributed by atoms with Gasteiger partial charge in [0.05, 0.1) is 22.4 Å². The Morgan fingerprint density at radius 1 is 1.19 bits per heavy atom. The molecule has 0 fully saturated rings. The average Bonchev–Trinajstić information content (AvgIpc) is 2.16. The quantitative estimate of drug-likeness (QED) is 0.688. The van der Waals surface area contributed by atoms with Crippen LogP contribution in [0.3, 0.4) is 0 Å². The molecule has 3 nitrogen and oxygen atoms in total. The van der Waals surface area contributed by atoms with E-state index >= 15 is 0 Å². The summed E-state index contributed by atoms with van der Waals surface area (Å²) in [7, 11) is 0. The molecule has 2 N–H and O–H groups in total. The standard InChI is InChI=1S/C10H6F3N3/c1-5-2-8(10(11,12)13)7(4-15)9(16)6(5)3-14/h2H,16H2,1H3. The smallest absolute Gasteiger partial charge is 0.397 e. The van der Waals surface area contributed by atoms with Gasteiger partial charge in [-0.05, 0) is 18.6 Å². The highest BCUT2D eigenvalue weighted by molar-refractivity contribution is 5.69. The number of aryl methyl sites for hydroxylation is 1. The van der Waals surface area contributed by atoms with Crippen molar-refractivity contribution in [3.05, 3.63) is 28.3 Å². The second-order valence-corrected chi connectivity index (χ2v) is 3.13. The van der Waals surface area contributed by atoms with Crippen molar-refractivity contribution in [1.29, 1.82) is 10.5 Å². The van der Waals surface area contributed by atoms with Crippen LogP contribution < -0.4 is 5.73 Å². The summed E-state index contributed by atoms with van der Waals surface area (Å²) in [6.07, 6.45) is -4.65. The van der Waals surface area contributed by atoms with Crippen molar-refractivity contribution in [2.45, 2.75) is 13.1 Å². The van der Waals surface area contributed by atoms with Crippen LogP contribution in [-0.4, -0.2) is 0 Å². The number of nitriles is 2. The van der Waals surface area contributed by atoms with Gasteiger partial charge in [0, 0.05) is 0 Å². The third kappa shape index (κ3) is 1.78. The molecule has 0 amide bonds. The molecule has 1 rings (SSSR count). The largest absolute Gasteiger partial charge is 0.417 e. The molecule has 0 aliphatic rings. The summed E-state index contributed by atoms with van der Waals surface area (Å²) >= 11 is 0. The fourth-order valence-corrected chi connectivity index (χ4v) is 1.34. The summed E-state index contributed by atoms with van der Waals surface area (Å²) in [5.41, 5.74) is 3.14. The van der Waals surface area contributed by atoms with E-state index in [9.17, 15) is 13.2 Å². The predicted molar refractivity (Wildman–Crippen MR) is 50.0 cm³/mol. The van der Waals surface area contributed by atoms with E-state index in [1.165, 1.54) is 13.0 Å². The maximum atomic E-state index is 12.5. The topological polar surface area (TPSA) is 73.6 Å². The molecule has 0 aliphatic carbocycles. The minimum Gasteiger partial charge on any atom is -0.397 e. The predicted octanol–water partition coefficient (Wildman–Crippen LogP) is 2.34. The molecular formula is C10H6F3N3. The third-order valence-corrected chi connectivity index (χ3v) is 2.09.